The highest BCUT2D eigenvalue weighted by Gasteiger charge is 2.03. The predicted molar refractivity (Wildman–Crippen MR) is 84.1 cm³/mol. The van der Waals surface area contributed by atoms with E-state index in [1.165, 1.54) is 0 Å². The highest BCUT2D eigenvalue weighted by molar-refractivity contribution is 14.1. The summed E-state index contributed by atoms with van der Waals surface area (Å²) < 4.78 is 1.12. The van der Waals surface area contributed by atoms with E-state index in [9.17, 15) is 5.26 Å². The maximum absolute atomic E-state index is 9.26. The lowest BCUT2D eigenvalue weighted by Crippen LogP contribution is -1.84. The fourth-order valence-electron chi connectivity index (χ4n) is 1.58. The van der Waals surface area contributed by atoms with Crippen molar-refractivity contribution in [2.45, 2.75) is 0 Å². The van der Waals surface area contributed by atoms with Gasteiger partial charge in [-0.1, -0.05) is 41.9 Å². The molecule has 0 spiro atoms. The smallest absolute Gasteiger partial charge is 0.0998 e. The van der Waals surface area contributed by atoms with Gasteiger partial charge in [-0.05, 0) is 58.0 Å². The molecule has 0 saturated carbocycles. The Hall–Kier alpha value is -1.31. The Morgan fingerprint density at radius 2 is 1.94 bits per heavy atom. The molecule has 2 rings (SSSR count). The Labute approximate surface area is 125 Å². The van der Waals surface area contributed by atoms with E-state index in [4.69, 9.17) is 11.6 Å². The molecule has 2 aromatic rings. The molecule has 0 radical (unpaired) electrons. The quantitative estimate of drug-likeness (QED) is 0.417. The van der Waals surface area contributed by atoms with Gasteiger partial charge in [-0.3, -0.25) is 0 Å². The van der Waals surface area contributed by atoms with Crippen LogP contribution in [0.5, 0.6) is 0 Å². The van der Waals surface area contributed by atoms with Crippen molar-refractivity contribution in [3.8, 4) is 6.07 Å². The maximum atomic E-state index is 9.26. The van der Waals surface area contributed by atoms with Crippen molar-refractivity contribution in [3.05, 3.63) is 68.3 Å². The van der Waals surface area contributed by atoms with Crippen molar-refractivity contribution >= 4 is 45.8 Å². The van der Waals surface area contributed by atoms with Gasteiger partial charge in [0, 0.05) is 8.59 Å². The Morgan fingerprint density at radius 3 is 2.61 bits per heavy atom. The minimum absolute atomic E-state index is 0.613. The highest BCUT2D eigenvalue weighted by atomic mass is 127. The topological polar surface area (TPSA) is 23.8 Å². The molecule has 0 atom stereocenters. The first-order valence-corrected chi connectivity index (χ1v) is 6.78. The molecule has 0 bridgehead atoms. The third-order valence-electron chi connectivity index (χ3n) is 2.46. The number of allylic oxidation sites excluding steroid dienone is 1. The molecule has 1 nitrogen and oxygen atoms in total. The summed E-state index contributed by atoms with van der Waals surface area (Å²) in [6.45, 7) is 0. The van der Waals surface area contributed by atoms with E-state index in [-0.39, 0.29) is 0 Å². The highest BCUT2D eigenvalue weighted by Crippen LogP contribution is 2.22. The lowest BCUT2D eigenvalue weighted by atomic mass is 10.0. The Morgan fingerprint density at radius 1 is 1.17 bits per heavy atom. The van der Waals surface area contributed by atoms with E-state index in [0.717, 1.165) is 14.7 Å². The van der Waals surface area contributed by atoms with Gasteiger partial charge in [-0.15, -0.1) is 0 Å². The molecule has 0 N–H and O–H groups in total. The van der Waals surface area contributed by atoms with Gasteiger partial charge in [-0.2, -0.15) is 5.26 Å². The van der Waals surface area contributed by atoms with Crippen LogP contribution in [0.25, 0.3) is 11.6 Å². The van der Waals surface area contributed by atoms with Crippen LogP contribution in [-0.2, 0) is 0 Å². The van der Waals surface area contributed by atoms with Crippen LogP contribution in [0.3, 0.4) is 0 Å². The summed E-state index contributed by atoms with van der Waals surface area (Å²) in [7, 11) is 0. The average Bonchev–Trinajstić information content (AvgIpc) is 2.38. The molecule has 3 heteroatoms. The molecule has 0 aliphatic carbocycles. The summed E-state index contributed by atoms with van der Waals surface area (Å²) >= 11 is 8.20. The van der Waals surface area contributed by atoms with E-state index < -0.39 is 0 Å². The van der Waals surface area contributed by atoms with Crippen molar-refractivity contribution in [2.24, 2.45) is 0 Å². The van der Waals surface area contributed by atoms with Gasteiger partial charge in [0.15, 0.2) is 0 Å². The molecule has 0 aromatic heterocycles. The molecule has 0 fully saturated rings. The number of halogens is 2. The molecule has 0 heterocycles. The summed E-state index contributed by atoms with van der Waals surface area (Å²) in [6, 6.07) is 17.5. The minimum atomic E-state index is 0.613. The molecule has 0 saturated heterocycles. The van der Waals surface area contributed by atoms with Crippen LogP contribution < -0.4 is 0 Å². The van der Waals surface area contributed by atoms with Crippen LogP contribution in [0.15, 0.2) is 48.5 Å². The van der Waals surface area contributed by atoms with Gasteiger partial charge in [0.1, 0.15) is 0 Å². The second-order valence-corrected chi connectivity index (χ2v) is 5.30. The number of benzene rings is 2. The monoisotopic (exact) mass is 365 g/mol. The lowest BCUT2D eigenvalue weighted by Gasteiger charge is -2.02. The number of hydrogen-bond acceptors (Lipinski definition) is 1. The van der Waals surface area contributed by atoms with Crippen LogP contribution >= 0.6 is 34.2 Å². The number of nitriles is 1. The van der Waals surface area contributed by atoms with E-state index in [1.54, 1.807) is 12.1 Å². The lowest BCUT2D eigenvalue weighted by molar-refractivity contribution is 1.52. The van der Waals surface area contributed by atoms with Crippen molar-refractivity contribution in [3.63, 3.8) is 0 Å². The van der Waals surface area contributed by atoms with E-state index in [0.29, 0.717) is 10.6 Å². The van der Waals surface area contributed by atoms with Gasteiger partial charge >= 0.3 is 0 Å². The average molecular weight is 366 g/mol. The summed E-state index contributed by atoms with van der Waals surface area (Å²) in [5, 5.41) is 9.89. The molecular formula is C15H9ClIN. The predicted octanol–water partition coefficient (Wildman–Crippen LogP) is 5.01. The Balaban J connectivity index is 2.47. The summed E-state index contributed by atoms with van der Waals surface area (Å²) in [5.74, 6) is 0. The fraction of sp³-hybridized carbons (Fsp3) is 0. The van der Waals surface area contributed by atoms with E-state index in [1.807, 2.05) is 42.5 Å². The number of nitrogens with zero attached hydrogens (tertiary/aromatic N) is 1. The third kappa shape index (κ3) is 3.12. The Kier molecular flexibility index (Phi) is 4.40. The standard InChI is InChI=1S/C15H9ClIN/c16-14-6-3-5-11(9-14)13(10-18)8-12-4-1-2-7-15(12)17/h1-9H. The third-order valence-corrected chi connectivity index (χ3v) is 3.68. The van der Waals surface area contributed by atoms with Crippen molar-refractivity contribution in [1.82, 2.24) is 0 Å². The van der Waals surface area contributed by atoms with Gasteiger partial charge in [0.2, 0.25) is 0 Å². The fourth-order valence-corrected chi connectivity index (χ4v) is 2.32. The molecule has 18 heavy (non-hydrogen) atoms. The first-order chi connectivity index (χ1) is 8.70. The molecule has 88 valence electrons. The second kappa shape index (κ2) is 6.03. The minimum Gasteiger partial charge on any atom is -0.192 e. The van der Waals surface area contributed by atoms with Crippen LogP contribution in [0, 0.1) is 14.9 Å². The maximum Gasteiger partial charge on any atom is 0.0998 e. The van der Waals surface area contributed by atoms with Crippen molar-refractivity contribution < 1.29 is 0 Å². The number of rotatable bonds is 2. The molecule has 0 unspecified atom stereocenters. The largest absolute Gasteiger partial charge is 0.192 e. The van der Waals surface area contributed by atoms with Crippen LogP contribution in [0.4, 0.5) is 0 Å². The molecule has 0 amide bonds. The van der Waals surface area contributed by atoms with Crippen LogP contribution in [0.1, 0.15) is 11.1 Å². The first-order valence-electron chi connectivity index (χ1n) is 5.33. The van der Waals surface area contributed by atoms with Gasteiger partial charge in [0.05, 0.1) is 11.6 Å². The summed E-state index contributed by atoms with van der Waals surface area (Å²) in [4.78, 5) is 0. The van der Waals surface area contributed by atoms with E-state index >= 15 is 0 Å². The summed E-state index contributed by atoms with van der Waals surface area (Å²) in [6.07, 6.45) is 1.88. The van der Waals surface area contributed by atoms with Gasteiger partial charge < -0.3 is 0 Å². The normalized spacial score (nSPS) is 11.1. The van der Waals surface area contributed by atoms with Crippen molar-refractivity contribution in [2.75, 3.05) is 0 Å². The first kappa shape index (κ1) is 13.1. The number of hydrogen-bond donors (Lipinski definition) is 0. The van der Waals surface area contributed by atoms with E-state index in [2.05, 4.69) is 28.7 Å². The van der Waals surface area contributed by atoms with Crippen molar-refractivity contribution in [1.29, 1.82) is 5.26 Å². The zero-order valence-electron chi connectivity index (χ0n) is 9.40. The zero-order valence-corrected chi connectivity index (χ0v) is 12.3. The molecule has 2 aromatic carbocycles. The SMILES string of the molecule is N#CC(=Cc1ccccc1I)c1cccc(Cl)c1. The van der Waals surface area contributed by atoms with Gasteiger partial charge in [-0.25, -0.2) is 0 Å². The van der Waals surface area contributed by atoms with Crippen LogP contribution in [-0.4, -0.2) is 0 Å². The second-order valence-electron chi connectivity index (χ2n) is 3.70. The zero-order chi connectivity index (χ0) is 13.0. The molecule has 0 aliphatic rings. The molecule has 0 aliphatic heterocycles. The Bertz CT molecular complexity index is 641. The molecular weight excluding hydrogens is 357 g/mol. The van der Waals surface area contributed by atoms with Gasteiger partial charge in [0.25, 0.3) is 0 Å². The van der Waals surface area contributed by atoms with Crippen LogP contribution in [0.2, 0.25) is 5.02 Å². The summed E-state index contributed by atoms with van der Waals surface area (Å²) in [5.41, 5.74) is 2.49.